The van der Waals surface area contributed by atoms with Crippen LogP contribution in [0.1, 0.15) is 11.4 Å². The summed E-state index contributed by atoms with van der Waals surface area (Å²) < 4.78 is 39.1. The SMILES string of the molecule is Cc1nnnn1-c1ccccc1C(F)(F)F. The standard InChI is InChI=1S/C9H7F3N4/c1-6-13-14-15-16(6)8-5-3-2-4-7(8)9(10,11)12/h2-5H,1H3. The van der Waals surface area contributed by atoms with Crippen molar-refractivity contribution in [2.75, 3.05) is 0 Å². The van der Waals surface area contributed by atoms with Crippen molar-refractivity contribution in [2.24, 2.45) is 0 Å². The Morgan fingerprint density at radius 1 is 1.19 bits per heavy atom. The first-order valence-electron chi connectivity index (χ1n) is 4.42. The van der Waals surface area contributed by atoms with Gasteiger partial charge in [-0.05, 0) is 29.5 Å². The normalized spacial score (nSPS) is 11.8. The number of rotatable bonds is 1. The van der Waals surface area contributed by atoms with Crippen LogP contribution < -0.4 is 0 Å². The Morgan fingerprint density at radius 3 is 2.44 bits per heavy atom. The number of aromatic nitrogens is 4. The zero-order valence-corrected chi connectivity index (χ0v) is 8.23. The van der Waals surface area contributed by atoms with Crippen molar-refractivity contribution < 1.29 is 13.2 Å². The van der Waals surface area contributed by atoms with E-state index >= 15 is 0 Å². The van der Waals surface area contributed by atoms with Crippen molar-refractivity contribution in [1.29, 1.82) is 0 Å². The topological polar surface area (TPSA) is 43.6 Å². The van der Waals surface area contributed by atoms with Gasteiger partial charge in [-0.25, -0.2) is 0 Å². The van der Waals surface area contributed by atoms with E-state index < -0.39 is 11.7 Å². The highest BCUT2D eigenvalue weighted by molar-refractivity contribution is 5.42. The van der Waals surface area contributed by atoms with Crippen LogP contribution in [-0.4, -0.2) is 20.2 Å². The molecule has 2 aromatic rings. The highest BCUT2D eigenvalue weighted by atomic mass is 19.4. The fourth-order valence-corrected chi connectivity index (χ4v) is 1.35. The molecule has 0 aliphatic rings. The van der Waals surface area contributed by atoms with Gasteiger partial charge in [0, 0.05) is 0 Å². The lowest BCUT2D eigenvalue weighted by Crippen LogP contribution is -2.12. The van der Waals surface area contributed by atoms with Crippen molar-refractivity contribution in [3.8, 4) is 5.69 Å². The molecule has 0 spiro atoms. The summed E-state index contributed by atoms with van der Waals surface area (Å²) in [6.45, 7) is 1.53. The molecule has 0 unspecified atom stereocenters. The summed E-state index contributed by atoms with van der Waals surface area (Å²) in [5.41, 5.74) is -0.831. The third-order valence-electron chi connectivity index (χ3n) is 2.06. The van der Waals surface area contributed by atoms with Crippen molar-refractivity contribution in [3.63, 3.8) is 0 Å². The zero-order chi connectivity index (χ0) is 11.8. The first-order chi connectivity index (χ1) is 7.50. The highest BCUT2D eigenvalue weighted by Gasteiger charge is 2.34. The molecule has 2 rings (SSSR count). The van der Waals surface area contributed by atoms with E-state index in [9.17, 15) is 13.2 Å². The summed E-state index contributed by atoms with van der Waals surface area (Å²) in [6.07, 6.45) is -4.42. The van der Waals surface area contributed by atoms with Gasteiger partial charge in [0.25, 0.3) is 0 Å². The van der Waals surface area contributed by atoms with Crippen LogP contribution in [0.2, 0.25) is 0 Å². The molecule has 0 atom stereocenters. The molecule has 1 heterocycles. The number of hydrogen-bond donors (Lipinski definition) is 0. The molecule has 1 aromatic heterocycles. The summed E-state index contributed by atoms with van der Waals surface area (Å²) >= 11 is 0. The molecule has 0 saturated carbocycles. The molecule has 0 radical (unpaired) electrons. The molecule has 16 heavy (non-hydrogen) atoms. The molecule has 0 saturated heterocycles. The predicted octanol–water partition coefficient (Wildman–Crippen LogP) is 1.99. The summed E-state index contributed by atoms with van der Waals surface area (Å²) in [6, 6.07) is 5.15. The quantitative estimate of drug-likeness (QED) is 0.749. The second-order valence-corrected chi connectivity index (χ2v) is 3.15. The molecule has 4 nitrogen and oxygen atoms in total. The van der Waals surface area contributed by atoms with Gasteiger partial charge >= 0.3 is 6.18 Å². The third-order valence-corrected chi connectivity index (χ3v) is 2.06. The lowest BCUT2D eigenvalue weighted by atomic mass is 10.1. The highest BCUT2D eigenvalue weighted by Crippen LogP contribution is 2.33. The largest absolute Gasteiger partial charge is 0.418 e. The molecule has 84 valence electrons. The maximum absolute atomic E-state index is 12.7. The Kier molecular flexibility index (Phi) is 2.37. The Bertz CT molecular complexity index is 503. The number of para-hydroxylation sites is 1. The summed E-state index contributed by atoms with van der Waals surface area (Å²) in [5, 5.41) is 10.4. The van der Waals surface area contributed by atoms with Crippen molar-refractivity contribution in [2.45, 2.75) is 13.1 Å². The molecule has 0 bridgehead atoms. The average Bonchev–Trinajstić information content (AvgIpc) is 2.63. The Balaban J connectivity index is 2.62. The maximum atomic E-state index is 12.7. The summed E-state index contributed by atoms with van der Waals surface area (Å²) in [4.78, 5) is 0. The minimum atomic E-state index is -4.42. The van der Waals surface area contributed by atoms with Crippen molar-refractivity contribution in [3.05, 3.63) is 35.7 Å². The van der Waals surface area contributed by atoms with Gasteiger partial charge in [0.05, 0.1) is 11.3 Å². The van der Waals surface area contributed by atoms with E-state index in [4.69, 9.17) is 0 Å². The van der Waals surface area contributed by atoms with Gasteiger partial charge in [0.15, 0.2) is 5.82 Å². The van der Waals surface area contributed by atoms with E-state index in [1.165, 1.54) is 25.1 Å². The molecule has 7 heteroatoms. The minimum Gasteiger partial charge on any atom is -0.197 e. The van der Waals surface area contributed by atoms with Gasteiger partial charge < -0.3 is 0 Å². The molecule has 0 aliphatic heterocycles. The van der Waals surface area contributed by atoms with Gasteiger partial charge in [-0.2, -0.15) is 17.9 Å². The third kappa shape index (κ3) is 1.75. The van der Waals surface area contributed by atoms with E-state index in [0.29, 0.717) is 5.82 Å². The van der Waals surface area contributed by atoms with Crippen LogP contribution in [0.5, 0.6) is 0 Å². The number of tetrazole rings is 1. The van der Waals surface area contributed by atoms with Crippen LogP contribution >= 0.6 is 0 Å². The van der Waals surface area contributed by atoms with E-state index in [0.717, 1.165) is 10.7 Å². The molecule has 0 fully saturated rings. The Hall–Kier alpha value is -1.92. The van der Waals surface area contributed by atoms with E-state index in [2.05, 4.69) is 15.5 Å². The number of nitrogens with zero attached hydrogens (tertiary/aromatic N) is 4. The average molecular weight is 228 g/mol. The van der Waals surface area contributed by atoms with Crippen LogP contribution in [0, 0.1) is 6.92 Å². The molecule has 0 aliphatic carbocycles. The molecular formula is C9H7F3N4. The minimum absolute atomic E-state index is 0.0718. The van der Waals surface area contributed by atoms with Crippen LogP contribution in [0.15, 0.2) is 24.3 Å². The number of benzene rings is 1. The van der Waals surface area contributed by atoms with Crippen LogP contribution in [0.4, 0.5) is 13.2 Å². The van der Waals surface area contributed by atoms with Crippen LogP contribution in [-0.2, 0) is 6.18 Å². The van der Waals surface area contributed by atoms with Crippen LogP contribution in [0.25, 0.3) is 5.69 Å². The first-order valence-corrected chi connectivity index (χ1v) is 4.42. The predicted molar refractivity (Wildman–Crippen MR) is 48.9 cm³/mol. The zero-order valence-electron chi connectivity index (χ0n) is 8.23. The molecule has 1 aromatic carbocycles. The number of alkyl halides is 3. The van der Waals surface area contributed by atoms with Gasteiger partial charge in [-0.3, -0.25) is 0 Å². The van der Waals surface area contributed by atoms with E-state index in [-0.39, 0.29) is 5.69 Å². The fraction of sp³-hybridized carbons (Fsp3) is 0.222. The maximum Gasteiger partial charge on any atom is 0.418 e. The summed E-state index contributed by atoms with van der Waals surface area (Å²) in [5.74, 6) is 0.302. The fourth-order valence-electron chi connectivity index (χ4n) is 1.35. The second-order valence-electron chi connectivity index (χ2n) is 3.15. The Labute approximate surface area is 88.7 Å². The smallest absolute Gasteiger partial charge is 0.197 e. The first kappa shape index (κ1) is 10.6. The lowest BCUT2D eigenvalue weighted by Gasteiger charge is -2.11. The lowest BCUT2D eigenvalue weighted by molar-refractivity contribution is -0.137. The van der Waals surface area contributed by atoms with Gasteiger partial charge in [0.1, 0.15) is 0 Å². The molecular weight excluding hydrogens is 221 g/mol. The van der Waals surface area contributed by atoms with Crippen LogP contribution in [0.3, 0.4) is 0 Å². The number of hydrogen-bond acceptors (Lipinski definition) is 3. The van der Waals surface area contributed by atoms with Gasteiger partial charge in [-0.1, -0.05) is 12.1 Å². The monoisotopic (exact) mass is 228 g/mol. The van der Waals surface area contributed by atoms with Gasteiger partial charge in [-0.15, -0.1) is 5.10 Å². The van der Waals surface area contributed by atoms with E-state index in [1.807, 2.05) is 0 Å². The van der Waals surface area contributed by atoms with Crippen molar-refractivity contribution in [1.82, 2.24) is 20.2 Å². The van der Waals surface area contributed by atoms with Gasteiger partial charge in [0.2, 0.25) is 0 Å². The second kappa shape index (κ2) is 3.58. The summed E-state index contributed by atoms with van der Waals surface area (Å²) in [7, 11) is 0. The molecule has 0 N–H and O–H groups in total. The number of halogens is 3. The Morgan fingerprint density at radius 2 is 1.88 bits per heavy atom. The number of aryl methyl sites for hydroxylation is 1. The van der Waals surface area contributed by atoms with E-state index in [1.54, 1.807) is 0 Å². The van der Waals surface area contributed by atoms with Crippen molar-refractivity contribution >= 4 is 0 Å². The molecule has 0 amide bonds.